The molecule has 3 aromatic rings. The molecule has 23 heavy (non-hydrogen) atoms. The van der Waals surface area contributed by atoms with Crippen LogP contribution in [-0.4, -0.2) is 11.4 Å². The van der Waals surface area contributed by atoms with E-state index in [0.717, 1.165) is 12.2 Å². The van der Waals surface area contributed by atoms with Gasteiger partial charge in [-0.2, -0.15) is 11.8 Å². The van der Waals surface area contributed by atoms with E-state index in [2.05, 4.69) is 23.5 Å². The molecule has 0 saturated heterocycles. The number of aromatic nitrogens is 1. The Morgan fingerprint density at radius 3 is 2.39 bits per heavy atom. The first-order chi connectivity index (χ1) is 11.2. The molecule has 2 nitrogen and oxygen atoms in total. The number of thioether (sulfide) groups is 1. The number of halogens is 2. The van der Waals surface area contributed by atoms with Crippen LogP contribution in [-0.2, 0) is 6.42 Å². The van der Waals surface area contributed by atoms with Crippen LogP contribution in [0.5, 0.6) is 0 Å². The molecule has 118 valence electrons. The van der Waals surface area contributed by atoms with Crippen molar-refractivity contribution < 1.29 is 4.52 Å². The molecule has 2 aromatic carbocycles. The van der Waals surface area contributed by atoms with Gasteiger partial charge in [-0.1, -0.05) is 64.8 Å². The van der Waals surface area contributed by atoms with Crippen molar-refractivity contribution in [2.45, 2.75) is 11.7 Å². The van der Waals surface area contributed by atoms with Crippen LogP contribution in [0.2, 0.25) is 10.0 Å². The topological polar surface area (TPSA) is 26.0 Å². The fourth-order valence-electron chi connectivity index (χ4n) is 2.43. The van der Waals surface area contributed by atoms with Gasteiger partial charge in [0.15, 0.2) is 5.76 Å². The second kappa shape index (κ2) is 7.43. The highest BCUT2D eigenvalue weighted by Crippen LogP contribution is 2.37. The third-order valence-electron chi connectivity index (χ3n) is 3.61. The summed E-state index contributed by atoms with van der Waals surface area (Å²) in [6.07, 6.45) is 2.95. The summed E-state index contributed by atoms with van der Waals surface area (Å²) in [5.74, 6) is 0.826. The van der Waals surface area contributed by atoms with E-state index in [1.807, 2.05) is 30.3 Å². The number of benzene rings is 2. The van der Waals surface area contributed by atoms with Gasteiger partial charge in [-0.3, -0.25) is 0 Å². The van der Waals surface area contributed by atoms with E-state index in [0.29, 0.717) is 21.3 Å². The van der Waals surface area contributed by atoms with Crippen molar-refractivity contribution in [3.05, 3.63) is 76.0 Å². The maximum Gasteiger partial charge on any atom is 0.150 e. The lowest BCUT2D eigenvalue weighted by Gasteiger charge is -2.10. The van der Waals surface area contributed by atoms with Gasteiger partial charge >= 0.3 is 0 Å². The normalized spacial score (nSPS) is 12.3. The first kappa shape index (κ1) is 16.4. The molecule has 0 aliphatic carbocycles. The zero-order valence-electron chi connectivity index (χ0n) is 12.5. The van der Waals surface area contributed by atoms with Gasteiger partial charge in [0.05, 0.1) is 15.3 Å². The fourth-order valence-corrected chi connectivity index (χ4v) is 3.72. The summed E-state index contributed by atoms with van der Waals surface area (Å²) in [6, 6.07) is 17.7. The Hall–Kier alpha value is -1.42. The third-order valence-corrected chi connectivity index (χ3v) is 5.21. The maximum atomic E-state index is 6.25. The summed E-state index contributed by atoms with van der Waals surface area (Å²) in [5.41, 5.74) is 2.65. The Bertz CT molecular complexity index is 768. The highest BCUT2D eigenvalue weighted by Gasteiger charge is 2.19. The van der Waals surface area contributed by atoms with Crippen molar-refractivity contribution in [3.63, 3.8) is 0 Å². The van der Waals surface area contributed by atoms with Crippen LogP contribution in [0.15, 0.2) is 59.1 Å². The lowest BCUT2D eigenvalue weighted by molar-refractivity contribution is 0.383. The van der Waals surface area contributed by atoms with Crippen molar-refractivity contribution >= 4 is 35.0 Å². The van der Waals surface area contributed by atoms with Gasteiger partial charge in [0.2, 0.25) is 0 Å². The molecular formula is C18H15Cl2NOS. The zero-order chi connectivity index (χ0) is 16.2. The molecule has 0 radical (unpaired) electrons. The van der Waals surface area contributed by atoms with Crippen LogP contribution in [0, 0.1) is 0 Å². The molecule has 0 aliphatic rings. The van der Waals surface area contributed by atoms with E-state index in [4.69, 9.17) is 27.7 Å². The molecule has 0 saturated carbocycles. The van der Waals surface area contributed by atoms with E-state index < -0.39 is 0 Å². The molecule has 1 aromatic heterocycles. The van der Waals surface area contributed by atoms with Crippen LogP contribution >= 0.6 is 35.0 Å². The van der Waals surface area contributed by atoms with Gasteiger partial charge in [-0.15, -0.1) is 0 Å². The highest BCUT2D eigenvalue weighted by molar-refractivity contribution is 7.98. The number of nitrogens with zero attached hydrogens (tertiary/aromatic N) is 1. The predicted octanol–water partition coefficient (Wildman–Crippen LogP) is 6.30. The molecular weight excluding hydrogens is 349 g/mol. The summed E-state index contributed by atoms with van der Waals surface area (Å²) in [6.45, 7) is 0. The van der Waals surface area contributed by atoms with E-state index >= 15 is 0 Å². The second-order valence-corrected chi connectivity index (χ2v) is 6.98. The molecule has 0 fully saturated rings. The predicted molar refractivity (Wildman–Crippen MR) is 98.4 cm³/mol. The Kier molecular flexibility index (Phi) is 5.31. The van der Waals surface area contributed by atoms with Crippen molar-refractivity contribution in [2.75, 3.05) is 6.26 Å². The van der Waals surface area contributed by atoms with Gasteiger partial charge < -0.3 is 4.52 Å². The molecule has 3 rings (SSSR count). The van der Waals surface area contributed by atoms with Gasteiger partial charge in [-0.05, 0) is 30.4 Å². The average molecular weight is 364 g/mol. The standard InChI is InChI=1S/C18H15Cl2NOS/c1-23-17(10-12-6-3-2-4-7-12)16-11-15(21-22-16)18-13(19)8-5-9-14(18)20/h2-9,11,17H,10H2,1H3. The Labute approximate surface area is 149 Å². The van der Waals surface area contributed by atoms with Gasteiger partial charge in [0, 0.05) is 11.6 Å². The van der Waals surface area contributed by atoms with Crippen molar-refractivity contribution in [1.82, 2.24) is 5.16 Å². The van der Waals surface area contributed by atoms with E-state index in [1.165, 1.54) is 5.56 Å². The monoisotopic (exact) mass is 363 g/mol. The molecule has 0 spiro atoms. The first-order valence-corrected chi connectivity index (χ1v) is 9.21. The van der Waals surface area contributed by atoms with Crippen LogP contribution in [0.3, 0.4) is 0 Å². The number of hydrogen-bond donors (Lipinski definition) is 0. The lowest BCUT2D eigenvalue weighted by Crippen LogP contribution is -1.96. The van der Waals surface area contributed by atoms with Crippen LogP contribution in [0.4, 0.5) is 0 Å². The van der Waals surface area contributed by atoms with Crippen LogP contribution in [0.1, 0.15) is 16.6 Å². The van der Waals surface area contributed by atoms with Crippen molar-refractivity contribution in [1.29, 1.82) is 0 Å². The maximum absolute atomic E-state index is 6.25. The first-order valence-electron chi connectivity index (χ1n) is 7.16. The highest BCUT2D eigenvalue weighted by atomic mass is 35.5. The summed E-state index contributed by atoms with van der Waals surface area (Å²) in [4.78, 5) is 0. The van der Waals surface area contributed by atoms with Crippen molar-refractivity contribution in [2.24, 2.45) is 0 Å². The third kappa shape index (κ3) is 3.74. The van der Waals surface area contributed by atoms with Gasteiger partial charge in [0.1, 0.15) is 5.69 Å². The Morgan fingerprint density at radius 2 is 1.74 bits per heavy atom. The SMILES string of the molecule is CSC(Cc1ccccc1)c1cc(-c2c(Cl)cccc2Cl)no1. The molecule has 1 heterocycles. The van der Waals surface area contributed by atoms with Crippen molar-refractivity contribution in [3.8, 4) is 11.3 Å². The number of rotatable bonds is 5. The molecule has 0 aliphatic heterocycles. The van der Waals surface area contributed by atoms with Gasteiger partial charge in [-0.25, -0.2) is 0 Å². The summed E-state index contributed by atoms with van der Waals surface area (Å²) < 4.78 is 5.57. The summed E-state index contributed by atoms with van der Waals surface area (Å²) >= 11 is 14.2. The molecule has 1 atom stereocenters. The van der Waals surface area contributed by atoms with Crippen LogP contribution < -0.4 is 0 Å². The molecule has 0 amide bonds. The average Bonchev–Trinajstić information content (AvgIpc) is 3.03. The smallest absolute Gasteiger partial charge is 0.150 e. The van der Waals surface area contributed by atoms with E-state index in [-0.39, 0.29) is 5.25 Å². The lowest BCUT2D eigenvalue weighted by atomic mass is 10.1. The number of hydrogen-bond acceptors (Lipinski definition) is 3. The molecule has 5 heteroatoms. The zero-order valence-corrected chi connectivity index (χ0v) is 14.8. The largest absolute Gasteiger partial charge is 0.360 e. The minimum absolute atomic E-state index is 0.194. The molecule has 0 N–H and O–H groups in total. The summed E-state index contributed by atoms with van der Waals surface area (Å²) in [7, 11) is 0. The molecule has 1 unspecified atom stereocenters. The van der Waals surface area contributed by atoms with Crippen LogP contribution in [0.25, 0.3) is 11.3 Å². The fraction of sp³-hybridized carbons (Fsp3) is 0.167. The van der Waals surface area contributed by atoms with E-state index in [1.54, 1.807) is 23.9 Å². The minimum Gasteiger partial charge on any atom is -0.360 e. The van der Waals surface area contributed by atoms with E-state index in [9.17, 15) is 0 Å². The second-order valence-electron chi connectivity index (χ2n) is 5.13. The Balaban J connectivity index is 1.88. The summed E-state index contributed by atoms with van der Waals surface area (Å²) in [5, 5.41) is 5.50. The Morgan fingerprint density at radius 1 is 1.04 bits per heavy atom. The minimum atomic E-state index is 0.194. The van der Waals surface area contributed by atoms with Gasteiger partial charge in [0.25, 0.3) is 0 Å². The molecule has 0 bridgehead atoms. The quantitative estimate of drug-likeness (QED) is 0.532.